The zero-order chi connectivity index (χ0) is 16.7. The summed E-state index contributed by atoms with van der Waals surface area (Å²) in [4.78, 5) is 23.9. The summed E-state index contributed by atoms with van der Waals surface area (Å²) in [5, 5.41) is 2.96. The van der Waals surface area contributed by atoms with Gasteiger partial charge in [0.1, 0.15) is 0 Å². The Hall–Kier alpha value is -1.62. The van der Waals surface area contributed by atoms with Gasteiger partial charge >= 0.3 is 5.97 Å². The Labute approximate surface area is 145 Å². The molecule has 5 heteroatoms. The van der Waals surface area contributed by atoms with E-state index in [1.807, 2.05) is 24.3 Å². The van der Waals surface area contributed by atoms with E-state index in [0.29, 0.717) is 0 Å². The van der Waals surface area contributed by atoms with Crippen molar-refractivity contribution in [1.29, 1.82) is 0 Å². The molecule has 1 saturated carbocycles. The standard InChI is InChI=1S/C18H22BrNO3/c1-13(18(22)20-16-8-3-2-4-9-16)23-17(21)11-10-14-6-5-7-15(19)12-14/h5-7,10-13,16H,2-4,8-9H2,1H3,(H,20,22)/b11-10+/t13-/m1/s1. The van der Waals surface area contributed by atoms with Gasteiger partial charge in [-0.2, -0.15) is 0 Å². The van der Waals surface area contributed by atoms with Crippen molar-refractivity contribution < 1.29 is 14.3 Å². The SMILES string of the molecule is C[C@@H](OC(=O)/C=C/c1cccc(Br)c1)C(=O)NC1CCCCC1. The molecule has 1 aliphatic rings. The second-order valence-electron chi connectivity index (χ2n) is 5.81. The molecule has 124 valence electrons. The molecule has 0 aromatic heterocycles. The minimum Gasteiger partial charge on any atom is -0.449 e. The Morgan fingerprint density at radius 2 is 2.04 bits per heavy atom. The molecule has 0 unspecified atom stereocenters. The molecular weight excluding hydrogens is 358 g/mol. The number of hydrogen-bond donors (Lipinski definition) is 1. The predicted octanol–water partition coefficient (Wildman–Crippen LogP) is 3.84. The van der Waals surface area contributed by atoms with E-state index in [1.54, 1.807) is 13.0 Å². The van der Waals surface area contributed by atoms with Crippen LogP contribution in [0.25, 0.3) is 6.08 Å². The van der Waals surface area contributed by atoms with Crippen molar-refractivity contribution in [1.82, 2.24) is 5.32 Å². The van der Waals surface area contributed by atoms with E-state index in [4.69, 9.17) is 4.74 Å². The molecule has 1 amide bonds. The molecule has 1 N–H and O–H groups in total. The smallest absolute Gasteiger partial charge is 0.331 e. The van der Waals surface area contributed by atoms with Gasteiger partial charge in [-0.05, 0) is 43.5 Å². The normalized spacial score (nSPS) is 17.0. The molecule has 0 aliphatic heterocycles. The number of carbonyl (C=O) groups excluding carboxylic acids is 2. The number of benzene rings is 1. The van der Waals surface area contributed by atoms with E-state index in [0.717, 1.165) is 35.7 Å². The average Bonchev–Trinajstić information content (AvgIpc) is 2.54. The Bertz CT molecular complexity index is 579. The summed E-state index contributed by atoms with van der Waals surface area (Å²) >= 11 is 3.37. The highest BCUT2D eigenvalue weighted by molar-refractivity contribution is 9.10. The van der Waals surface area contributed by atoms with Gasteiger partial charge in [-0.1, -0.05) is 47.3 Å². The van der Waals surface area contributed by atoms with Gasteiger partial charge in [0.15, 0.2) is 6.10 Å². The van der Waals surface area contributed by atoms with E-state index in [-0.39, 0.29) is 11.9 Å². The monoisotopic (exact) mass is 379 g/mol. The van der Waals surface area contributed by atoms with Gasteiger partial charge in [0, 0.05) is 16.6 Å². The molecule has 1 fully saturated rings. The van der Waals surface area contributed by atoms with E-state index >= 15 is 0 Å². The summed E-state index contributed by atoms with van der Waals surface area (Å²) in [5.74, 6) is -0.739. The van der Waals surface area contributed by atoms with Crippen LogP contribution in [0.5, 0.6) is 0 Å². The van der Waals surface area contributed by atoms with Crippen molar-refractivity contribution in [3.05, 3.63) is 40.4 Å². The number of rotatable bonds is 5. The lowest BCUT2D eigenvalue weighted by Crippen LogP contribution is -2.42. The van der Waals surface area contributed by atoms with E-state index in [1.165, 1.54) is 12.5 Å². The highest BCUT2D eigenvalue weighted by Gasteiger charge is 2.21. The largest absolute Gasteiger partial charge is 0.449 e. The van der Waals surface area contributed by atoms with Crippen LogP contribution in [0.3, 0.4) is 0 Å². The molecule has 0 radical (unpaired) electrons. The molecular formula is C18H22BrNO3. The fraction of sp³-hybridized carbons (Fsp3) is 0.444. The van der Waals surface area contributed by atoms with Gasteiger partial charge in [0.05, 0.1) is 0 Å². The number of amides is 1. The number of esters is 1. The first-order chi connectivity index (χ1) is 11.0. The Kier molecular flexibility index (Phi) is 6.84. The molecule has 0 spiro atoms. The van der Waals surface area contributed by atoms with Crippen LogP contribution in [0.1, 0.15) is 44.6 Å². The van der Waals surface area contributed by atoms with Gasteiger partial charge in [-0.3, -0.25) is 4.79 Å². The maximum absolute atomic E-state index is 12.0. The molecule has 0 heterocycles. The average molecular weight is 380 g/mol. The van der Waals surface area contributed by atoms with E-state index < -0.39 is 12.1 Å². The van der Waals surface area contributed by atoms with Crippen LogP contribution >= 0.6 is 15.9 Å². The van der Waals surface area contributed by atoms with Crippen molar-refractivity contribution in [2.75, 3.05) is 0 Å². The zero-order valence-electron chi connectivity index (χ0n) is 13.3. The van der Waals surface area contributed by atoms with E-state index in [9.17, 15) is 9.59 Å². The van der Waals surface area contributed by atoms with Gasteiger partial charge < -0.3 is 10.1 Å². The highest BCUT2D eigenvalue weighted by atomic mass is 79.9. The molecule has 4 nitrogen and oxygen atoms in total. The Balaban J connectivity index is 1.80. The summed E-state index contributed by atoms with van der Waals surface area (Å²) in [5.41, 5.74) is 0.885. The van der Waals surface area contributed by atoms with E-state index in [2.05, 4.69) is 21.2 Å². The van der Waals surface area contributed by atoms with Crippen LogP contribution in [-0.2, 0) is 14.3 Å². The first-order valence-electron chi connectivity index (χ1n) is 7.99. The lowest BCUT2D eigenvalue weighted by atomic mass is 9.95. The molecule has 1 aliphatic carbocycles. The summed E-state index contributed by atoms with van der Waals surface area (Å²) < 4.78 is 6.09. The van der Waals surface area contributed by atoms with Gasteiger partial charge in [0.2, 0.25) is 0 Å². The van der Waals surface area contributed by atoms with Crippen molar-refractivity contribution in [2.24, 2.45) is 0 Å². The topological polar surface area (TPSA) is 55.4 Å². The number of hydrogen-bond acceptors (Lipinski definition) is 3. The van der Waals surface area contributed by atoms with Crippen LogP contribution in [-0.4, -0.2) is 24.0 Å². The van der Waals surface area contributed by atoms with Crippen LogP contribution in [0.4, 0.5) is 0 Å². The fourth-order valence-corrected chi connectivity index (χ4v) is 3.02. The summed E-state index contributed by atoms with van der Waals surface area (Å²) in [7, 11) is 0. The van der Waals surface area contributed by atoms with Crippen LogP contribution in [0.15, 0.2) is 34.8 Å². The van der Waals surface area contributed by atoms with Crippen molar-refractivity contribution in [3.8, 4) is 0 Å². The third-order valence-electron chi connectivity index (χ3n) is 3.87. The first kappa shape index (κ1) is 17.7. The number of carbonyl (C=O) groups is 2. The predicted molar refractivity (Wildman–Crippen MR) is 93.7 cm³/mol. The third kappa shape index (κ3) is 6.18. The van der Waals surface area contributed by atoms with Gasteiger partial charge in [0.25, 0.3) is 5.91 Å². The second kappa shape index (κ2) is 8.87. The van der Waals surface area contributed by atoms with Crippen LogP contribution < -0.4 is 5.32 Å². The fourth-order valence-electron chi connectivity index (χ4n) is 2.61. The van der Waals surface area contributed by atoms with Crippen molar-refractivity contribution >= 4 is 33.9 Å². The first-order valence-corrected chi connectivity index (χ1v) is 8.78. The molecule has 1 aromatic carbocycles. The zero-order valence-corrected chi connectivity index (χ0v) is 14.8. The lowest BCUT2D eigenvalue weighted by molar-refractivity contribution is -0.150. The highest BCUT2D eigenvalue weighted by Crippen LogP contribution is 2.17. The van der Waals surface area contributed by atoms with Crippen molar-refractivity contribution in [3.63, 3.8) is 0 Å². The van der Waals surface area contributed by atoms with Crippen LogP contribution in [0.2, 0.25) is 0 Å². The maximum atomic E-state index is 12.0. The Morgan fingerprint density at radius 3 is 2.74 bits per heavy atom. The molecule has 2 rings (SSSR count). The lowest BCUT2D eigenvalue weighted by Gasteiger charge is -2.24. The quantitative estimate of drug-likeness (QED) is 0.624. The Morgan fingerprint density at radius 1 is 1.30 bits per heavy atom. The summed E-state index contributed by atoms with van der Waals surface area (Å²) in [6, 6.07) is 7.79. The molecule has 0 saturated heterocycles. The van der Waals surface area contributed by atoms with Crippen molar-refractivity contribution in [2.45, 2.75) is 51.2 Å². The molecule has 23 heavy (non-hydrogen) atoms. The third-order valence-corrected chi connectivity index (χ3v) is 4.37. The number of ether oxygens (including phenoxy) is 1. The summed E-state index contributed by atoms with van der Waals surface area (Å²) in [6.45, 7) is 1.60. The van der Waals surface area contributed by atoms with Gasteiger partial charge in [-0.15, -0.1) is 0 Å². The molecule has 0 bridgehead atoms. The number of halogens is 1. The number of nitrogens with one attached hydrogen (secondary N) is 1. The van der Waals surface area contributed by atoms with Gasteiger partial charge in [-0.25, -0.2) is 4.79 Å². The molecule has 1 atom stereocenters. The molecule has 1 aromatic rings. The second-order valence-corrected chi connectivity index (χ2v) is 6.73. The maximum Gasteiger partial charge on any atom is 0.331 e. The minimum absolute atomic E-state index is 0.217. The van der Waals surface area contributed by atoms with Crippen LogP contribution in [0, 0.1) is 0 Å². The minimum atomic E-state index is -0.781. The summed E-state index contributed by atoms with van der Waals surface area (Å²) in [6.07, 6.45) is 7.77.